The van der Waals surface area contributed by atoms with Gasteiger partial charge in [0.2, 0.25) is 0 Å². The molecule has 4 N–H and O–H groups in total. The van der Waals surface area contributed by atoms with Gasteiger partial charge in [-0.05, 0) is 0 Å². The minimum atomic E-state index is -1.32. The van der Waals surface area contributed by atoms with Crippen LogP contribution in [0.2, 0.25) is 0 Å². The molecule has 0 radical (unpaired) electrons. The second-order valence-corrected chi connectivity index (χ2v) is 1.41. The number of aliphatic carboxylic acids is 2. The van der Waals surface area contributed by atoms with Crippen molar-refractivity contribution in [1.29, 1.82) is 0 Å². The van der Waals surface area contributed by atoms with E-state index in [4.69, 9.17) is 10.4 Å². The fourth-order valence-electron chi connectivity index (χ4n) is 0.129. The normalized spacial score (nSPS) is 7.54. The number of carbonyl (C=O) groups is 2. The zero-order valence-corrected chi connectivity index (χ0v) is 8.06. The molecule has 0 aliphatic carbocycles. The molecule has 0 amide bonds. The molecule has 0 aliphatic rings. The van der Waals surface area contributed by atoms with Crippen molar-refractivity contribution in [3.05, 3.63) is 0 Å². The maximum absolute atomic E-state index is 9.27. The van der Waals surface area contributed by atoms with Gasteiger partial charge in [0.15, 0.2) is 0 Å². The van der Waals surface area contributed by atoms with Gasteiger partial charge in [-0.2, -0.15) is 11.0 Å². The van der Waals surface area contributed by atoms with Crippen molar-refractivity contribution in [2.75, 3.05) is 13.1 Å². The summed E-state index contributed by atoms with van der Waals surface area (Å²) in [4.78, 5) is 18.5. The standard InChI is InChI=1S/2C2H5NO3.Mg/c2*4-2(5)1-3-6;/h2*3,6H,1H2,(H,4,5);/q;;+2/p-2. The van der Waals surface area contributed by atoms with Crippen molar-refractivity contribution >= 4 is 35.0 Å². The molecule has 0 spiro atoms. The number of hydrogen-bond acceptors (Lipinski definition) is 8. The Labute approximate surface area is 89.6 Å². The maximum Gasteiger partial charge on any atom is 2.00 e. The molecule has 0 aliphatic heterocycles. The van der Waals surface area contributed by atoms with E-state index >= 15 is 0 Å². The number of nitrogens with one attached hydrogen (secondary N) is 2. The third-order valence-electron chi connectivity index (χ3n) is 0.447. The molecule has 0 atom stereocenters. The molecule has 0 aromatic heterocycles. The Morgan fingerprint density at radius 3 is 1.23 bits per heavy atom. The summed E-state index contributed by atoms with van der Waals surface area (Å²) in [5, 5.41) is 33.7. The summed E-state index contributed by atoms with van der Waals surface area (Å²) < 4.78 is 0. The Kier molecular flexibility index (Phi) is 19.9. The van der Waals surface area contributed by atoms with Gasteiger partial charge in [0.25, 0.3) is 0 Å². The van der Waals surface area contributed by atoms with E-state index in [-0.39, 0.29) is 23.1 Å². The predicted octanol–water partition coefficient (Wildman–Crippen LogP) is -4.95. The molecular formula is C4H8MgN2O6. The molecule has 8 nitrogen and oxygen atoms in total. The van der Waals surface area contributed by atoms with Crippen LogP contribution in [0.1, 0.15) is 0 Å². The van der Waals surface area contributed by atoms with Crippen LogP contribution in [0.4, 0.5) is 0 Å². The number of hydrogen-bond donors (Lipinski definition) is 4. The van der Waals surface area contributed by atoms with E-state index in [9.17, 15) is 19.8 Å². The maximum atomic E-state index is 9.27. The summed E-state index contributed by atoms with van der Waals surface area (Å²) in [7, 11) is 0. The quantitative estimate of drug-likeness (QED) is 0.263. The molecule has 0 saturated heterocycles. The Balaban J connectivity index is -0.000000143. The van der Waals surface area contributed by atoms with E-state index in [1.54, 1.807) is 0 Å². The number of rotatable bonds is 4. The summed E-state index contributed by atoms with van der Waals surface area (Å²) in [6.07, 6.45) is 0. The van der Waals surface area contributed by atoms with Crippen molar-refractivity contribution in [1.82, 2.24) is 11.0 Å². The molecule has 0 fully saturated rings. The van der Waals surface area contributed by atoms with Gasteiger partial charge in [0.05, 0.1) is 25.0 Å². The molecule has 72 valence electrons. The SMILES string of the molecule is O=C([O-])CNO.O=C([O-])CNO.[Mg+2]. The Bertz CT molecular complexity index is 127. The average molecular weight is 204 g/mol. The first-order valence-corrected chi connectivity index (χ1v) is 2.68. The first kappa shape index (κ1) is 18.4. The molecule has 0 bridgehead atoms. The van der Waals surface area contributed by atoms with Gasteiger partial charge in [-0.15, -0.1) is 0 Å². The topological polar surface area (TPSA) is 145 Å². The molecule has 0 saturated carbocycles. The van der Waals surface area contributed by atoms with Gasteiger partial charge in [-0.3, -0.25) is 0 Å². The molecule has 13 heavy (non-hydrogen) atoms. The van der Waals surface area contributed by atoms with E-state index in [2.05, 4.69) is 0 Å². The molecular weight excluding hydrogens is 196 g/mol. The number of carboxylic acid groups (broad SMARTS) is 2. The molecule has 0 aromatic carbocycles. The van der Waals surface area contributed by atoms with Crippen LogP contribution in [-0.4, -0.2) is 58.5 Å². The van der Waals surface area contributed by atoms with Crippen molar-refractivity contribution in [3.63, 3.8) is 0 Å². The number of carboxylic acids is 2. The van der Waals surface area contributed by atoms with Gasteiger partial charge in [0.1, 0.15) is 0 Å². The van der Waals surface area contributed by atoms with Crippen LogP contribution < -0.4 is 21.2 Å². The van der Waals surface area contributed by atoms with E-state index in [1.807, 2.05) is 0 Å². The molecule has 9 heteroatoms. The number of hydroxylamine groups is 2. The molecule has 0 unspecified atom stereocenters. The summed E-state index contributed by atoms with van der Waals surface area (Å²) in [6.45, 7) is -1.03. The van der Waals surface area contributed by atoms with Gasteiger partial charge in [-0.25, -0.2) is 0 Å². The van der Waals surface area contributed by atoms with Crippen molar-refractivity contribution in [3.8, 4) is 0 Å². The van der Waals surface area contributed by atoms with E-state index in [0.717, 1.165) is 0 Å². The van der Waals surface area contributed by atoms with Crippen molar-refractivity contribution in [2.24, 2.45) is 0 Å². The largest absolute Gasteiger partial charge is 2.00 e. The van der Waals surface area contributed by atoms with E-state index in [0.29, 0.717) is 0 Å². The van der Waals surface area contributed by atoms with Crippen molar-refractivity contribution in [2.45, 2.75) is 0 Å². The summed E-state index contributed by atoms with van der Waals surface area (Å²) in [5.41, 5.74) is 2.81. The monoisotopic (exact) mass is 204 g/mol. The van der Waals surface area contributed by atoms with Gasteiger partial charge >= 0.3 is 23.1 Å². The first-order valence-electron chi connectivity index (χ1n) is 2.68. The first-order chi connectivity index (χ1) is 5.54. The second kappa shape index (κ2) is 14.1. The summed E-state index contributed by atoms with van der Waals surface area (Å²) >= 11 is 0. The van der Waals surface area contributed by atoms with Crippen LogP contribution in [0.15, 0.2) is 0 Å². The fraction of sp³-hybridized carbons (Fsp3) is 0.500. The predicted molar refractivity (Wildman–Crippen MR) is 35.3 cm³/mol. The Hall–Kier alpha value is -0.454. The fourth-order valence-corrected chi connectivity index (χ4v) is 0.129. The third kappa shape index (κ3) is 34.2. The van der Waals surface area contributed by atoms with Gasteiger partial charge in [-0.1, -0.05) is 0 Å². The van der Waals surface area contributed by atoms with E-state index in [1.165, 1.54) is 11.0 Å². The molecule has 0 rings (SSSR count). The molecule has 0 heterocycles. The summed E-state index contributed by atoms with van der Waals surface area (Å²) in [6, 6.07) is 0. The number of carbonyl (C=O) groups excluding carboxylic acids is 2. The Morgan fingerprint density at radius 2 is 1.23 bits per heavy atom. The third-order valence-corrected chi connectivity index (χ3v) is 0.447. The van der Waals surface area contributed by atoms with Crippen molar-refractivity contribution < 1.29 is 30.2 Å². The zero-order valence-electron chi connectivity index (χ0n) is 6.65. The minimum Gasteiger partial charge on any atom is -0.549 e. The van der Waals surface area contributed by atoms with E-state index < -0.39 is 25.0 Å². The van der Waals surface area contributed by atoms with Crippen LogP contribution in [0, 0.1) is 0 Å². The van der Waals surface area contributed by atoms with Crippen LogP contribution in [0.25, 0.3) is 0 Å². The van der Waals surface area contributed by atoms with Crippen LogP contribution in [0.3, 0.4) is 0 Å². The van der Waals surface area contributed by atoms with Crippen LogP contribution >= 0.6 is 0 Å². The molecule has 0 aromatic rings. The second-order valence-electron chi connectivity index (χ2n) is 1.41. The average Bonchev–Trinajstić information content (AvgIpc) is 1.87. The van der Waals surface area contributed by atoms with Crippen LogP contribution in [-0.2, 0) is 9.59 Å². The zero-order chi connectivity index (χ0) is 9.98. The van der Waals surface area contributed by atoms with Gasteiger partial charge < -0.3 is 30.2 Å². The smallest absolute Gasteiger partial charge is 0.549 e. The van der Waals surface area contributed by atoms with Gasteiger partial charge in [0, 0.05) is 0 Å². The summed E-state index contributed by atoms with van der Waals surface area (Å²) in [5.74, 6) is -2.64. The Morgan fingerprint density at radius 1 is 1.00 bits per heavy atom. The minimum absolute atomic E-state index is 0. The van der Waals surface area contributed by atoms with Crippen LogP contribution in [0.5, 0.6) is 0 Å².